The Labute approximate surface area is 197 Å². The smallest absolute Gasteiger partial charge is 0.294 e. The van der Waals surface area contributed by atoms with Crippen LogP contribution in [0.4, 0.5) is 10.5 Å². The number of imide groups is 1. The fourth-order valence-corrected chi connectivity index (χ4v) is 4.22. The molecule has 1 fully saturated rings. The molecule has 6 nitrogen and oxygen atoms in total. The van der Waals surface area contributed by atoms with Crippen molar-refractivity contribution in [2.24, 2.45) is 0 Å². The van der Waals surface area contributed by atoms with Crippen LogP contribution in [0.5, 0.6) is 0 Å². The molecule has 1 N–H and O–H groups in total. The molecular formula is C24H19BrN2O4S. The predicted molar refractivity (Wildman–Crippen MR) is 129 cm³/mol. The van der Waals surface area contributed by atoms with Crippen molar-refractivity contribution in [3.63, 3.8) is 0 Å². The standard InChI is InChI=1S/C24H19BrN2O4S/c1-2-15-3-9-18(10-4-15)26-22(28)14-27-23(29)21(32-24(27)30)13-19-11-12-20(31-19)16-5-7-17(25)8-6-16/h3-13H,2,14H2,1H3,(H,26,28)/b21-13+. The number of nitrogens with one attached hydrogen (secondary N) is 1. The molecule has 1 saturated heterocycles. The van der Waals surface area contributed by atoms with Gasteiger partial charge in [0.25, 0.3) is 11.1 Å². The number of carbonyl (C=O) groups excluding carboxylic acids is 3. The minimum Gasteiger partial charge on any atom is -0.457 e. The molecule has 2 heterocycles. The number of aryl methyl sites for hydroxylation is 1. The van der Waals surface area contributed by atoms with E-state index in [9.17, 15) is 14.4 Å². The highest BCUT2D eigenvalue weighted by Crippen LogP contribution is 2.33. The van der Waals surface area contributed by atoms with Crippen molar-refractivity contribution in [3.05, 3.63) is 81.4 Å². The van der Waals surface area contributed by atoms with E-state index in [4.69, 9.17) is 4.42 Å². The van der Waals surface area contributed by atoms with E-state index < -0.39 is 17.1 Å². The number of thioether (sulfide) groups is 1. The number of carbonyl (C=O) groups is 3. The van der Waals surface area contributed by atoms with Crippen molar-refractivity contribution in [1.29, 1.82) is 0 Å². The first-order chi connectivity index (χ1) is 15.4. The Morgan fingerprint density at radius 2 is 1.78 bits per heavy atom. The molecule has 4 rings (SSSR count). The lowest BCUT2D eigenvalue weighted by molar-refractivity contribution is -0.127. The van der Waals surface area contributed by atoms with Crippen LogP contribution in [0.3, 0.4) is 0 Å². The number of benzene rings is 2. The SMILES string of the molecule is CCc1ccc(NC(=O)CN2C(=O)S/C(=C/c3ccc(-c4ccc(Br)cc4)o3)C2=O)cc1. The van der Waals surface area contributed by atoms with Gasteiger partial charge in [-0.25, -0.2) is 0 Å². The van der Waals surface area contributed by atoms with Crippen LogP contribution in [0.25, 0.3) is 17.4 Å². The van der Waals surface area contributed by atoms with Crippen molar-refractivity contribution in [1.82, 2.24) is 4.90 Å². The number of amides is 3. The van der Waals surface area contributed by atoms with Crippen LogP contribution >= 0.6 is 27.7 Å². The Kier molecular flexibility index (Phi) is 6.62. The maximum atomic E-state index is 12.7. The van der Waals surface area contributed by atoms with Gasteiger partial charge in [0.1, 0.15) is 18.1 Å². The maximum absolute atomic E-state index is 12.7. The third kappa shape index (κ3) is 5.03. The number of rotatable bonds is 6. The lowest BCUT2D eigenvalue weighted by atomic mass is 10.1. The van der Waals surface area contributed by atoms with Gasteiger partial charge in [-0.2, -0.15) is 0 Å². The van der Waals surface area contributed by atoms with Gasteiger partial charge >= 0.3 is 0 Å². The summed E-state index contributed by atoms with van der Waals surface area (Å²) in [6.45, 7) is 1.70. The Morgan fingerprint density at radius 1 is 1.06 bits per heavy atom. The monoisotopic (exact) mass is 510 g/mol. The molecule has 8 heteroatoms. The van der Waals surface area contributed by atoms with Crippen molar-refractivity contribution in [3.8, 4) is 11.3 Å². The zero-order valence-corrected chi connectivity index (χ0v) is 19.5. The quantitative estimate of drug-likeness (QED) is 0.414. The van der Waals surface area contributed by atoms with Crippen LogP contribution in [0.2, 0.25) is 0 Å². The molecule has 0 unspecified atom stereocenters. The third-order valence-corrected chi connectivity index (χ3v) is 6.29. The van der Waals surface area contributed by atoms with Gasteiger partial charge in [0.15, 0.2) is 0 Å². The molecule has 3 aromatic rings. The van der Waals surface area contributed by atoms with Crippen molar-refractivity contribution in [2.75, 3.05) is 11.9 Å². The van der Waals surface area contributed by atoms with Gasteiger partial charge in [-0.3, -0.25) is 19.3 Å². The summed E-state index contributed by atoms with van der Waals surface area (Å²) in [6, 6.07) is 18.6. The zero-order chi connectivity index (χ0) is 22.7. The zero-order valence-electron chi connectivity index (χ0n) is 17.1. The molecule has 0 saturated carbocycles. The molecule has 1 aliphatic rings. The summed E-state index contributed by atoms with van der Waals surface area (Å²) in [5, 5.41) is 2.23. The van der Waals surface area contributed by atoms with E-state index in [0.29, 0.717) is 17.2 Å². The van der Waals surface area contributed by atoms with Crippen LogP contribution in [0.15, 0.2) is 74.5 Å². The summed E-state index contributed by atoms with van der Waals surface area (Å²) < 4.78 is 6.76. The second kappa shape index (κ2) is 9.58. The number of halogens is 1. The number of hydrogen-bond acceptors (Lipinski definition) is 5. The molecule has 0 spiro atoms. The first-order valence-electron chi connectivity index (χ1n) is 9.93. The van der Waals surface area contributed by atoms with E-state index in [1.807, 2.05) is 43.3 Å². The van der Waals surface area contributed by atoms with Crippen LogP contribution in [0, 0.1) is 0 Å². The minimum atomic E-state index is -0.516. The fraction of sp³-hybridized carbons (Fsp3) is 0.125. The molecule has 1 aliphatic heterocycles. The summed E-state index contributed by atoms with van der Waals surface area (Å²) in [6.07, 6.45) is 2.42. The molecule has 2 aromatic carbocycles. The van der Waals surface area contributed by atoms with E-state index in [1.165, 1.54) is 6.08 Å². The van der Waals surface area contributed by atoms with E-state index in [-0.39, 0.29) is 11.4 Å². The van der Waals surface area contributed by atoms with Crippen molar-refractivity contribution in [2.45, 2.75) is 13.3 Å². The van der Waals surface area contributed by atoms with Crippen LogP contribution in [-0.4, -0.2) is 28.5 Å². The Hall–Kier alpha value is -3.10. The van der Waals surface area contributed by atoms with E-state index >= 15 is 0 Å². The number of anilines is 1. The number of furan rings is 1. The second-order valence-electron chi connectivity index (χ2n) is 7.08. The molecule has 0 aliphatic carbocycles. The van der Waals surface area contributed by atoms with Crippen molar-refractivity contribution >= 4 is 56.5 Å². The summed E-state index contributed by atoms with van der Waals surface area (Å²) in [4.78, 5) is 38.5. The number of hydrogen-bond donors (Lipinski definition) is 1. The summed E-state index contributed by atoms with van der Waals surface area (Å²) in [7, 11) is 0. The molecule has 0 atom stereocenters. The van der Waals surface area contributed by atoms with E-state index in [2.05, 4.69) is 21.2 Å². The normalized spacial score (nSPS) is 14.9. The van der Waals surface area contributed by atoms with E-state index in [0.717, 1.165) is 38.7 Å². The first-order valence-corrected chi connectivity index (χ1v) is 11.5. The molecule has 0 radical (unpaired) electrons. The molecular weight excluding hydrogens is 492 g/mol. The molecule has 0 bridgehead atoms. The lowest BCUT2D eigenvalue weighted by Gasteiger charge is -2.12. The van der Waals surface area contributed by atoms with Crippen molar-refractivity contribution < 1.29 is 18.8 Å². The number of nitrogens with zero attached hydrogens (tertiary/aromatic N) is 1. The highest BCUT2D eigenvalue weighted by molar-refractivity contribution is 9.10. The first kappa shape index (κ1) is 22.1. The Morgan fingerprint density at radius 3 is 2.47 bits per heavy atom. The van der Waals surface area contributed by atoms with Gasteiger partial charge in [-0.1, -0.05) is 47.1 Å². The second-order valence-corrected chi connectivity index (χ2v) is 8.98. The Balaban J connectivity index is 1.42. The highest BCUT2D eigenvalue weighted by Gasteiger charge is 2.36. The average Bonchev–Trinajstić information content (AvgIpc) is 3.35. The fourth-order valence-electron chi connectivity index (χ4n) is 3.13. The average molecular weight is 511 g/mol. The van der Waals surface area contributed by atoms with Crippen LogP contribution < -0.4 is 5.32 Å². The molecule has 32 heavy (non-hydrogen) atoms. The van der Waals surface area contributed by atoms with Gasteiger partial charge < -0.3 is 9.73 Å². The summed E-state index contributed by atoms with van der Waals surface area (Å²) in [5.41, 5.74) is 2.66. The predicted octanol–water partition coefficient (Wildman–Crippen LogP) is 5.95. The molecule has 162 valence electrons. The van der Waals surface area contributed by atoms with Gasteiger partial charge in [0, 0.05) is 21.8 Å². The van der Waals surface area contributed by atoms with Gasteiger partial charge in [0.05, 0.1) is 4.91 Å². The lowest BCUT2D eigenvalue weighted by Crippen LogP contribution is -2.36. The largest absolute Gasteiger partial charge is 0.457 e. The van der Waals surface area contributed by atoms with E-state index in [1.54, 1.807) is 24.3 Å². The van der Waals surface area contributed by atoms with Gasteiger partial charge in [-0.15, -0.1) is 0 Å². The highest BCUT2D eigenvalue weighted by atomic mass is 79.9. The molecule has 3 amide bonds. The third-order valence-electron chi connectivity index (χ3n) is 4.85. The summed E-state index contributed by atoms with van der Waals surface area (Å²) >= 11 is 4.18. The Bertz CT molecular complexity index is 1200. The van der Waals surface area contributed by atoms with Gasteiger partial charge in [-0.05, 0) is 60.1 Å². The molecule has 1 aromatic heterocycles. The van der Waals surface area contributed by atoms with Crippen LogP contribution in [0.1, 0.15) is 18.2 Å². The van der Waals surface area contributed by atoms with Gasteiger partial charge in [0.2, 0.25) is 5.91 Å². The minimum absolute atomic E-state index is 0.215. The maximum Gasteiger partial charge on any atom is 0.294 e. The van der Waals surface area contributed by atoms with Crippen LogP contribution in [-0.2, 0) is 16.0 Å². The summed E-state index contributed by atoms with van der Waals surface area (Å²) in [5.74, 6) is 0.150. The topological polar surface area (TPSA) is 79.6 Å².